The first-order chi connectivity index (χ1) is 13.5. The van der Waals surface area contributed by atoms with E-state index in [-0.39, 0.29) is 12.1 Å². The van der Waals surface area contributed by atoms with Gasteiger partial charge in [0.2, 0.25) is 0 Å². The third-order valence-corrected chi connectivity index (χ3v) is 4.12. The molecule has 0 heterocycles. The summed E-state index contributed by atoms with van der Waals surface area (Å²) in [5.74, 6) is 1.09. The fourth-order valence-corrected chi connectivity index (χ4v) is 2.52. The Hall–Kier alpha value is -3.37. The van der Waals surface area contributed by atoms with E-state index in [1.54, 1.807) is 31.4 Å². The van der Waals surface area contributed by atoms with Crippen molar-refractivity contribution in [1.82, 2.24) is 5.32 Å². The van der Waals surface area contributed by atoms with Crippen LogP contribution in [0.15, 0.2) is 48.2 Å². The highest BCUT2D eigenvalue weighted by Crippen LogP contribution is 2.35. The van der Waals surface area contributed by atoms with Gasteiger partial charge in [-0.3, -0.25) is 4.79 Å². The second kappa shape index (κ2) is 10.1. The predicted octanol–water partition coefficient (Wildman–Crippen LogP) is 3.50. The number of amides is 1. The van der Waals surface area contributed by atoms with Crippen LogP contribution in [0.2, 0.25) is 5.02 Å². The number of ether oxygens (including phenoxy) is 3. The fraction of sp³-hybridized carbons (Fsp3) is 0.200. The summed E-state index contributed by atoms with van der Waals surface area (Å²) in [5.41, 5.74) is 1.28. The van der Waals surface area contributed by atoms with Crippen LogP contribution in [0.5, 0.6) is 17.2 Å². The highest BCUT2D eigenvalue weighted by atomic mass is 35.5. The van der Waals surface area contributed by atoms with E-state index >= 15 is 0 Å². The van der Waals surface area contributed by atoms with Crippen molar-refractivity contribution in [3.8, 4) is 23.3 Å². The van der Waals surface area contributed by atoms with Crippen LogP contribution in [0.4, 0.5) is 5.69 Å². The molecule has 0 aliphatic carbocycles. The van der Waals surface area contributed by atoms with Crippen molar-refractivity contribution in [2.24, 2.45) is 0 Å². The van der Waals surface area contributed by atoms with Crippen molar-refractivity contribution in [3.05, 3.63) is 58.8 Å². The van der Waals surface area contributed by atoms with Gasteiger partial charge >= 0.3 is 0 Å². The van der Waals surface area contributed by atoms with Crippen molar-refractivity contribution in [3.63, 3.8) is 0 Å². The Bertz CT molecular complexity index is 905. The Morgan fingerprint density at radius 3 is 2.36 bits per heavy atom. The fourth-order valence-electron chi connectivity index (χ4n) is 2.29. The van der Waals surface area contributed by atoms with E-state index in [2.05, 4.69) is 10.6 Å². The molecular weight excluding hydrogens is 382 g/mol. The first-order valence-corrected chi connectivity index (χ1v) is 8.59. The second-order valence-corrected chi connectivity index (χ2v) is 5.94. The lowest BCUT2D eigenvalue weighted by atomic mass is 10.2. The standard InChI is InChI=1S/C20H20ClN3O4/c1-26-15-6-4-13(5-7-15)11-24-20(25)14(10-22)12-23-17-9-18(27-2)16(21)8-19(17)28-3/h4-9,12,23H,11H2,1-3H3,(H,24,25)/b14-12-. The molecule has 2 aromatic carbocycles. The lowest BCUT2D eigenvalue weighted by Crippen LogP contribution is -2.24. The largest absolute Gasteiger partial charge is 0.497 e. The number of carbonyl (C=O) groups is 1. The molecule has 0 unspecified atom stereocenters. The average molecular weight is 402 g/mol. The van der Waals surface area contributed by atoms with E-state index in [1.807, 2.05) is 18.2 Å². The van der Waals surface area contributed by atoms with Gasteiger partial charge in [0.1, 0.15) is 28.9 Å². The third-order valence-electron chi connectivity index (χ3n) is 3.82. The van der Waals surface area contributed by atoms with Gasteiger partial charge in [-0.25, -0.2) is 0 Å². The normalized spacial score (nSPS) is 10.6. The van der Waals surface area contributed by atoms with Crippen LogP contribution in [0.25, 0.3) is 0 Å². The summed E-state index contributed by atoms with van der Waals surface area (Å²) in [6.45, 7) is 0.278. The Morgan fingerprint density at radius 1 is 1.11 bits per heavy atom. The van der Waals surface area contributed by atoms with Crippen molar-refractivity contribution in [2.45, 2.75) is 6.54 Å². The summed E-state index contributed by atoms with van der Waals surface area (Å²) in [7, 11) is 4.56. The minimum Gasteiger partial charge on any atom is -0.497 e. The van der Waals surface area contributed by atoms with Gasteiger partial charge in [0.05, 0.1) is 32.0 Å². The minimum absolute atomic E-state index is 0.0931. The summed E-state index contributed by atoms with van der Waals surface area (Å²) in [4.78, 5) is 12.3. The van der Waals surface area contributed by atoms with Gasteiger partial charge in [-0.2, -0.15) is 5.26 Å². The molecule has 2 aromatic rings. The molecule has 0 saturated heterocycles. The number of methoxy groups -OCH3 is 3. The number of carbonyl (C=O) groups excluding carboxylic acids is 1. The third kappa shape index (κ3) is 5.32. The highest BCUT2D eigenvalue weighted by Gasteiger charge is 2.12. The number of nitrogens with zero attached hydrogens (tertiary/aromatic N) is 1. The number of nitriles is 1. The highest BCUT2D eigenvalue weighted by molar-refractivity contribution is 6.32. The van der Waals surface area contributed by atoms with Gasteiger partial charge in [0.25, 0.3) is 5.91 Å². The maximum absolute atomic E-state index is 12.3. The summed E-state index contributed by atoms with van der Waals surface area (Å²) in [5, 5.41) is 15.3. The zero-order valence-electron chi connectivity index (χ0n) is 15.7. The van der Waals surface area contributed by atoms with E-state index < -0.39 is 5.91 Å². The minimum atomic E-state index is -0.509. The van der Waals surface area contributed by atoms with E-state index in [1.165, 1.54) is 20.4 Å². The molecule has 0 aliphatic heterocycles. The zero-order chi connectivity index (χ0) is 20.5. The van der Waals surface area contributed by atoms with Gasteiger partial charge in [0.15, 0.2) is 0 Å². The molecule has 0 aliphatic rings. The van der Waals surface area contributed by atoms with Crippen LogP contribution in [-0.4, -0.2) is 27.2 Å². The molecule has 0 fully saturated rings. The molecular formula is C20H20ClN3O4. The van der Waals surface area contributed by atoms with Crippen molar-refractivity contribution >= 4 is 23.2 Å². The van der Waals surface area contributed by atoms with Crippen LogP contribution >= 0.6 is 11.6 Å². The molecule has 2 rings (SSSR count). The van der Waals surface area contributed by atoms with Crippen LogP contribution in [-0.2, 0) is 11.3 Å². The maximum Gasteiger partial charge on any atom is 0.263 e. The number of nitrogens with one attached hydrogen (secondary N) is 2. The maximum atomic E-state index is 12.3. The van der Waals surface area contributed by atoms with Crippen LogP contribution in [0, 0.1) is 11.3 Å². The molecule has 0 atom stereocenters. The second-order valence-electron chi connectivity index (χ2n) is 5.53. The van der Waals surface area contributed by atoms with Crippen molar-refractivity contribution in [1.29, 1.82) is 5.26 Å². The summed E-state index contributed by atoms with van der Waals surface area (Å²) in [6, 6.07) is 12.3. The smallest absolute Gasteiger partial charge is 0.263 e. The Kier molecular flexibility index (Phi) is 7.55. The first kappa shape index (κ1) is 20.9. The number of halogens is 1. The van der Waals surface area contributed by atoms with E-state index in [9.17, 15) is 10.1 Å². The predicted molar refractivity (Wildman–Crippen MR) is 107 cm³/mol. The van der Waals surface area contributed by atoms with Crippen molar-refractivity contribution in [2.75, 3.05) is 26.6 Å². The lowest BCUT2D eigenvalue weighted by molar-refractivity contribution is -0.117. The molecule has 0 radical (unpaired) electrons. The summed E-state index contributed by atoms with van der Waals surface area (Å²) < 4.78 is 15.5. The quantitative estimate of drug-likeness (QED) is 0.519. The molecule has 8 heteroatoms. The van der Waals surface area contributed by atoms with Gasteiger partial charge in [-0.15, -0.1) is 0 Å². The molecule has 0 aromatic heterocycles. The van der Waals surface area contributed by atoms with E-state index in [4.69, 9.17) is 25.8 Å². The molecule has 0 saturated carbocycles. The number of anilines is 1. The first-order valence-electron chi connectivity index (χ1n) is 8.21. The number of hydrogen-bond donors (Lipinski definition) is 2. The Morgan fingerprint density at radius 2 is 1.79 bits per heavy atom. The molecule has 2 N–H and O–H groups in total. The lowest BCUT2D eigenvalue weighted by Gasteiger charge is -2.12. The number of benzene rings is 2. The van der Waals surface area contributed by atoms with Gasteiger partial charge < -0.3 is 24.8 Å². The molecule has 0 spiro atoms. The number of rotatable bonds is 8. The van der Waals surface area contributed by atoms with Gasteiger partial charge in [0, 0.05) is 24.9 Å². The van der Waals surface area contributed by atoms with Crippen molar-refractivity contribution < 1.29 is 19.0 Å². The van der Waals surface area contributed by atoms with Crippen LogP contribution in [0.1, 0.15) is 5.56 Å². The van der Waals surface area contributed by atoms with Crippen LogP contribution < -0.4 is 24.8 Å². The molecule has 146 valence electrons. The Labute approximate surface area is 168 Å². The van der Waals surface area contributed by atoms with Crippen LogP contribution in [0.3, 0.4) is 0 Å². The summed E-state index contributed by atoms with van der Waals surface area (Å²) >= 11 is 6.07. The summed E-state index contributed by atoms with van der Waals surface area (Å²) in [6.07, 6.45) is 1.30. The molecule has 28 heavy (non-hydrogen) atoms. The molecule has 0 bridgehead atoms. The van der Waals surface area contributed by atoms with Gasteiger partial charge in [-0.05, 0) is 17.7 Å². The van der Waals surface area contributed by atoms with Gasteiger partial charge in [-0.1, -0.05) is 23.7 Å². The SMILES string of the molecule is COc1ccc(CNC(=O)/C(C#N)=C\Nc2cc(OC)c(Cl)cc2OC)cc1. The Balaban J connectivity index is 2.08. The van der Waals surface area contributed by atoms with E-state index in [0.29, 0.717) is 22.2 Å². The molecule has 7 nitrogen and oxygen atoms in total. The molecule has 1 amide bonds. The topological polar surface area (TPSA) is 92.6 Å². The van der Waals surface area contributed by atoms with E-state index in [0.717, 1.165) is 11.3 Å². The number of hydrogen-bond acceptors (Lipinski definition) is 6. The monoisotopic (exact) mass is 401 g/mol. The average Bonchev–Trinajstić information content (AvgIpc) is 2.73. The zero-order valence-corrected chi connectivity index (χ0v) is 16.5.